The molecule has 6 nitrogen and oxygen atoms in total. The molecule has 1 aromatic rings. The van der Waals surface area contributed by atoms with Gasteiger partial charge in [0, 0.05) is 38.6 Å². The van der Waals surface area contributed by atoms with Crippen LogP contribution in [0.1, 0.15) is 19.9 Å². The summed E-state index contributed by atoms with van der Waals surface area (Å²) >= 11 is 0. The van der Waals surface area contributed by atoms with Crippen LogP contribution >= 0.6 is 0 Å². The van der Waals surface area contributed by atoms with Crippen LogP contribution in [0.5, 0.6) is 0 Å². The number of nitrogens with zero attached hydrogens (tertiary/aromatic N) is 4. The van der Waals surface area contributed by atoms with Crippen molar-refractivity contribution in [1.82, 2.24) is 19.6 Å². The first-order valence-corrected chi connectivity index (χ1v) is 7.26. The number of carbonyl (C=O) groups is 1. The summed E-state index contributed by atoms with van der Waals surface area (Å²) in [4.78, 5) is 16.4. The second-order valence-corrected chi connectivity index (χ2v) is 5.89. The van der Waals surface area contributed by atoms with Gasteiger partial charge in [0.2, 0.25) is 5.91 Å². The second kappa shape index (κ2) is 5.54. The number of carbonyl (C=O) groups excluding carboxylic acids is 1. The lowest BCUT2D eigenvalue weighted by Gasteiger charge is -2.41. The summed E-state index contributed by atoms with van der Waals surface area (Å²) < 4.78 is 7.63. The Hall–Kier alpha value is -1.40. The van der Waals surface area contributed by atoms with Crippen molar-refractivity contribution < 1.29 is 9.53 Å². The van der Waals surface area contributed by atoms with Gasteiger partial charge in [-0.25, -0.2) is 0 Å². The zero-order chi connectivity index (χ0) is 14.1. The van der Waals surface area contributed by atoms with Crippen LogP contribution in [-0.4, -0.2) is 70.4 Å². The number of amides is 1. The molecule has 0 saturated carbocycles. The van der Waals surface area contributed by atoms with Crippen molar-refractivity contribution in [2.45, 2.75) is 32.1 Å². The number of likely N-dealkylation sites (tertiary alicyclic amines) is 1. The molecule has 110 valence electrons. The summed E-state index contributed by atoms with van der Waals surface area (Å²) in [5.41, 5.74) is 0. The van der Waals surface area contributed by atoms with Crippen molar-refractivity contribution in [3.63, 3.8) is 0 Å². The van der Waals surface area contributed by atoms with Crippen LogP contribution in [0.2, 0.25) is 0 Å². The SMILES string of the molecule is C[C@@H]1CN(C(=O)CN2CC(n3cccn3)C2)C[C@@H](C)O1. The van der Waals surface area contributed by atoms with E-state index in [0.717, 1.165) is 13.1 Å². The highest BCUT2D eigenvalue weighted by Crippen LogP contribution is 2.20. The van der Waals surface area contributed by atoms with E-state index in [1.54, 1.807) is 6.20 Å². The summed E-state index contributed by atoms with van der Waals surface area (Å²) in [7, 11) is 0. The Morgan fingerprint density at radius 3 is 2.55 bits per heavy atom. The van der Waals surface area contributed by atoms with Gasteiger partial charge >= 0.3 is 0 Å². The number of aromatic nitrogens is 2. The molecular formula is C14H22N4O2. The first kappa shape index (κ1) is 13.6. The van der Waals surface area contributed by atoms with Gasteiger partial charge in [0.1, 0.15) is 0 Å². The molecule has 0 radical (unpaired) electrons. The van der Waals surface area contributed by atoms with Crippen LogP contribution in [0.25, 0.3) is 0 Å². The molecule has 3 rings (SSSR count). The number of hydrogen-bond acceptors (Lipinski definition) is 4. The molecule has 2 fully saturated rings. The Morgan fingerprint density at radius 2 is 1.95 bits per heavy atom. The molecule has 0 N–H and O–H groups in total. The molecule has 0 spiro atoms. The molecule has 6 heteroatoms. The highest BCUT2D eigenvalue weighted by Gasteiger charge is 2.32. The standard InChI is InChI=1S/C14H22N4O2/c1-11-6-17(7-12(2)20-11)14(19)10-16-8-13(9-16)18-5-3-4-15-18/h3-5,11-13H,6-10H2,1-2H3/t11-,12-/m1/s1. The monoisotopic (exact) mass is 278 g/mol. The summed E-state index contributed by atoms with van der Waals surface area (Å²) in [6.45, 7) is 7.78. The topological polar surface area (TPSA) is 50.6 Å². The van der Waals surface area contributed by atoms with Crippen LogP contribution in [0.3, 0.4) is 0 Å². The zero-order valence-corrected chi connectivity index (χ0v) is 12.1. The molecule has 20 heavy (non-hydrogen) atoms. The maximum Gasteiger partial charge on any atom is 0.236 e. The van der Waals surface area contributed by atoms with Gasteiger partial charge in [-0.05, 0) is 19.9 Å². The molecular weight excluding hydrogens is 256 g/mol. The van der Waals surface area contributed by atoms with Crippen molar-refractivity contribution in [1.29, 1.82) is 0 Å². The number of rotatable bonds is 3. The van der Waals surface area contributed by atoms with E-state index in [-0.39, 0.29) is 18.1 Å². The molecule has 0 aromatic carbocycles. The summed E-state index contributed by atoms with van der Waals surface area (Å²) in [5.74, 6) is 0.214. The fourth-order valence-corrected chi connectivity index (χ4v) is 3.01. The van der Waals surface area contributed by atoms with E-state index < -0.39 is 0 Å². The van der Waals surface area contributed by atoms with E-state index in [4.69, 9.17) is 4.74 Å². The number of ether oxygens (including phenoxy) is 1. The maximum atomic E-state index is 12.3. The Balaban J connectivity index is 1.46. The van der Waals surface area contributed by atoms with E-state index >= 15 is 0 Å². The molecule has 2 atom stereocenters. The third kappa shape index (κ3) is 2.86. The van der Waals surface area contributed by atoms with Crippen molar-refractivity contribution in [3.8, 4) is 0 Å². The van der Waals surface area contributed by atoms with E-state index in [1.807, 2.05) is 35.7 Å². The lowest BCUT2D eigenvalue weighted by atomic mass is 10.1. The minimum Gasteiger partial charge on any atom is -0.372 e. The largest absolute Gasteiger partial charge is 0.372 e. The third-order valence-electron chi connectivity index (χ3n) is 3.97. The minimum atomic E-state index is 0.135. The van der Waals surface area contributed by atoms with Gasteiger partial charge in [0.25, 0.3) is 0 Å². The van der Waals surface area contributed by atoms with Crippen molar-refractivity contribution in [2.75, 3.05) is 32.7 Å². The fraction of sp³-hybridized carbons (Fsp3) is 0.714. The summed E-state index contributed by atoms with van der Waals surface area (Å²) in [5, 5.41) is 4.24. The maximum absolute atomic E-state index is 12.3. The number of hydrogen-bond donors (Lipinski definition) is 0. The first-order valence-electron chi connectivity index (χ1n) is 7.26. The quantitative estimate of drug-likeness (QED) is 0.802. The Kier molecular flexibility index (Phi) is 3.76. The first-order chi connectivity index (χ1) is 9.61. The van der Waals surface area contributed by atoms with E-state index in [9.17, 15) is 4.79 Å². The lowest BCUT2D eigenvalue weighted by molar-refractivity contribution is -0.145. The lowest BCUT2D eigenvalue weighted by Crippen LogP contribution is -2.55. The average molecular weight is 278 g/mol. The van der Waals surface area contributed by atoms with Gasteiger partial charge in [0.15, 0.2) is 0 Å². The molecule has 1 amide bonds. The average Bonchev–Trinajstić information content (AvgIpc) is 2.85. The van der Waals surface area contributed by atoms with E-state index in [1.165, 1.54) is 0 Å². The molecule has 2 saturated heterocycles. The van der Waals surface area contributed by atoms with Crippen LogP contribution < -0.4 is 0 Å². The molecule has 3 heterocycles. The molecule has 2 aliphatic heterocycles. The van der Waals surface area contributed by atoms with Crippen LogP contribution in [-0.2, 0) is 9.53 Å². The molecule has 0 bridgehead atoms. The van der Waals surface area contributed by atoms with Crippen LogP contribution in [0.4, 0.5) is 0 Å². The Morgan fingerprint density at radius 1 is 1.25 bits per heavy atom. The molecule has 2 aliphatic rings. The van der Waals surface area contributed by atoms with Gasteiger partial charge in [0.05, 0.1) is 24.8 Å². The van der Waals surface area contributed by atoms with Crippen LogP contribution in [0.15, 0.2) is 18.5 Å². The van der Waals surface area contributed by atoms with Crippen molar-refractivity contribution in [3.05, 3.63) is 18.5 Å². The fourth-order valence-electron chi connectivity index (χ4n) is 3.01. The predicted octanol–water partition coefficient (Wildman–Crippen LogP) is 0.376. The number of morpholine rings is 1. The Labute approximate surface area is 119 Å². The molecule has 0 aliphatic carbocycles. The van der Waals surface area contributed by atoms with Gasteiger partial charge in [-0.2, -0.15) is 5.10 Å². The Bertz CT molecular complexity index is 446. The van der Waals surface area contributed by atoms with Crippen LogP contribution in [0, 0.1) is 0 Å². The summed E-state index contributed by atoms with van der Waals surface area (Å²) in [6.07, 6.45) is 4.05. The predicted molar refractivity (Wildman–Crippen MR) is 74.3 cm³/mol. The smallest absolute Gasteiger partial charge is 0.236 e. The van der Waals surface area contributed by atoms with Gasteiger partial charge in [-0.1, -0.05) is 0 Å². The summed E-state index contributed by atoms with van der Waals surface area (Å²) in [6, 6.07) is 2.35. The van der Waals surface area contributed by atoms with Crippen molar-refractivity contribution in [2.24, 2.45) is 0 Å². The second-order valence-electron chi connectivity index (χ2n) is 5.89. The highest BCUT2D eigenvalue weighted by atomic mass is 16.5. The van der Waals surface area contributed by atoms with Gasteiger partial charge < -0.3 is 9.64 Å². The molecule has 0 unspecified atom stereocenters. The minimum absolute atomic E-state index is 0.135. The van der Waals surface area contributed by atoms with Crippen molar-refractivity contribution >= 4 is 5.91 Å². The van der Waals surface area contributed by atoms with E-state index in [0.29, 0.717) is 25.7 Å². The van der Waals surface area contributed by atoms with Gasteiger partial charge in [-0.3, -0.25) is 14.4 Å². The third-order valence-corrected chi connectivity index (χ3v) is 3.97. The normalized spacial score (nSPS) is 28.4. The van der Waals surface area contributed by atoms with Gasteiger partial charge in [-0.15, -0.1) is 0 Å². The van der Waals surface area contributed by atoms with E-state index in [2.05, 4.69) is 10.00 Å². The zero-order valence-electron chi connectivity index (χ0n) is 12.1. The highest BCUT2D eigenvalue weighted by molar-refractivity contribution is 5.78. The molecule has 1 aromatic heterocycles.